The van der Waals surface area contributed by atoms with Gasteiger partial charge in [0.15, 0.2) is 0 Å². The van der Waals surface area contributed by atoms with Gasteiger partial charge in [0.25, 0.3) is 0 Å². The van der Waals surface area contributed by atoms with Crippen LogP contribution < -0.4 is 0 Å². The highest BCUT2D eigenvalue weighted by Crippen LogP contribution is 2.30. The van der Waals surface area contributed by atoms with Crippen LogP contribution >= 0.6 is 11.8 Å². The van der Waals surface area contributed by atoms with Crippen molar-refractivity contribution in [1.29, 1.82) is 0 Å². The summed E-state index contributed by atoms with van der Waals surface area (Å²) in [6.45, 7) is 10.9. The fourth-order valence-electron chi connectivity index (χ4n) is 1.67. The molecule has 0 radical (unpaired) electrons. The SMILES string of the molecule is CC(C)(C)c1ccc(Sc2ccc(O)cc2)cc1.CCC. The van der Waals surface area contributed by atoms with Crippen molar-refractivity contribution < 1.29 is 5.11 Å². The van der Waals surface area contributed by atoms with Crippen molar-refractivity contribution in [2.45, 2.75) is 56.2 Å². The van der Waals surface area contributed by atoms with E-state index < -0.39 is 0 Å². The molecule has 1 nitrogen and oxygen atoms in total. The van der Waals surface area contributed by atoms with Crippen molar-refractivity contribution in [3.8, 4) is 5.75 Å². The van der Waals surface area contributed by atoms with Gasteiger partial charge in [0.05, 0.1) is 0 Å². The van der Waals surface area contributed by atoms with Gasteiger partial charge in [-0.2, -0.15) is 0 Å². The van der Waals surface area contributed by atoms with Crippen LogP contribution in [0.1, 0.15) is 46.6 Å². The van der Waals surface area contributed by atoms with Crippen molar-refractivity contribution in [2.24, 2.45) is 0 Å². The molecular formula is C19H26OS. The first-order chi connectivity index (χ1) is 9.86. The second kappa shape index (κ2) is 8.14. The van der Waals surface area contributed by atoms with Gasteiger partial charge in [-0.25, -0.2) is 0 Å². The summed E-state index contributed by atoms with van der Waals surface area (Å²) in [4.78, 5) is 2.35. The summed E-state index contributed by atoms with van der Waals surface area (Å²) < 4.78 is 0. The number of benzene rings is 2. The van der Waals surface area contributed by atoms with Crippen LogP contribution in [0.4, 0.5) is 0 Å². The molecule has 2 aromatic rings. The summed E-state index contributed by atoms with van der Waals surface area (Å²) in [5.41, 5.74) is 1.54. The Bertz CT molecular complexity index is 521. The van der Waals surface area contributed by atoms with Gasteiger partial charge >= 0.3 is 0 Å². The molecule has 0 aliphatic heterocycles. The topological polar surface area (TPSA) is 20.2 Å². The average molecular weight is 302 g/mol. The molecule has 0 amide bonds. The average Bonchev–Trinajstić information content (AvgIpc) is 2.42. The van der Waals surface area contributed by atoms with E-state index >= 15 is 0 Å². The summed E-state index contributed by atoms with van der Waals surface area (Å²) in [5.74, 6) is 0.308. The second-order valence-electron chi connectivity index (χ2n) is 6.08. The van der Waals surface area contributed by atoms with E-state index in [0.29, 0.717) is 5.75 Å². The largest absolute Gasteiger partial charge is 0.508 e. The Labute approximate surface area is 133 Å². The molecule has 114 valence electrons. The molecule has 0 saturated heterocycles. The van der Waals surface area contributed by atoms with Gasteiger partial charge in [-0.1, -0.05) is 64.9 Å². The predicted molar refractivity (Wildman–Crippen MR) is 93.3 cm³/mol. The zero-order chi connectivity index (χ0) is 15.9. The molecular weight excluding hydrogens is 276 g/mol. The lowest BCUT2D eigenvalue weighted by molar-refractivity contribution is 0.475. The third-order valence-electron chi connectivity index (χ3n) is 2.79. The maximum absolute atomic E-state index is 9.24. The number of hydrogen-bond donors (Lipinski definition) is 1. The number of hydrogen-bond acceptors (Lipinski definition) is 2. The number of phenols is 1. The number of rotatable bonds is 2. The highest BCUT2D eigenvalue weighted by atomic mass is 32.2. The minimum atomic E-state index is 0.196. The fourth-order valence-corrected chi connectivity index (χ4v) is 2.49. The van der Waals surface area contributed by atoms with Gasteiger partial charge in [-0.15, -0.1) is 0 Å². The lowest BCUT2D eigenvalue weighted by Gasteiger charge is -2.19. The first-order valence-electron chi connectivity index (χ1n) is 7.44. The summed E-state index contributed by atoms with van der Waals surface area (Å²) in [5, 5.41) is 9.24. The first-order valence-corrected chi connectivity index (χ1v) is 8.26. The van der Waals surface area contributed by atoms with E-state index in [-0.39, 0.29) is 5.41 Å². The van der Waals surface area contributed by atoms with Crippen molar-refractivity contribution in [3.63, 3.8) is 0 Å². The van der Waals surface area contributed by atoms with Crippen LogP contribution in [0.2, 0.25) is 0 Å². The minimum absolute atomic E-state index is 0.196. The van der Waals surface area contributed by atoms with E-state index in [1.807, 2.05) is 12.1 Å². The Kier molecular flexibility index (Phi) is 6.83. The van der Waals surface area contributed by atoms with Crippen molar-refractivity contribution in [3.05, 3.63) is 54.1 Å². The number of aromatic hydroxyl groups is 1. The van der Waals surface area contributed by atoms with Crippen LogP contribution in [0.5, 0.6) is 5.75 Å². The summed E-state index contributed by atoms with van der Waals surface area (Å²) in [7, 11) is 0. The molecule has 2 heteroatoms. The van der Waals surface area contributed by atoms with E-state index in [1.165, 1.54) is 16.9 Å². The van der Waals surface area contributed by atoms with Crippen LogP contribution in [0.25, 0.3) is 0 Å². The quantitative estimate of drug-likeness (QED) is 0.706. The Morgan fingerprint density at radius 3 is 1.57 bits per heavy atom. The lowest BCUT2D eigenvalue weighted by Crippen LogP contribution is -2.10. The Morgan fingerprint density at radius 1 is 0.810 bits per heavy atom. The van der Waals surface area contributed by atoms with Crippen LogP contribution in [0.3, 0.4) is 0 Å². The molecule has 0 atom stereocenters. The molecule has 0 aromatic heterocycles. The zero-order valence-electron chi connectivity index (χ0n) is 13.7. The second-order valence-corrected chi connectivity index (χ2v) is 7.22. The van der Waals surface area contributed by atoms with Crippen molar-refractivity contribution >= 4 is 11.8 Å². The van der Waals surface area contributed by atoms with Crippen molar-refractivity contribution in [1.82, 2.24) is 0 Å². The molecule has 0 heterocycles. The van der Waals surface area contributed by atoms with Gasteiger partial charge in [-0.05, 0) is 47.4 Å². The first kappa shape index (κ1) is 17.6. The standard InChI is InChI=1S/C16H18OS.C3H8/c1-16(2,3)12-4-8-14(9-5-12)18-15-10-6-13(17)7-11-15;1-3-2/h4-11,17H,1-3H3;3H2,1-2H3. The molecule has 2 aromatic carbocycles. The van der Waals surface area contributed by atoms with Gasteiger partial charge < -0.3 is 5.11 Å². The highest BCUT2D eigenvalue weighted by Gasteiger charge is 2.12. The van der Waals surface area contributed by atoms with Crippen LogP contribution in [0, 0.1) is 0 Å². The molecule has 0 unspecified atom stereocenters. The zero-order valence-corrected chi connectivity index (χ0v) is 14.5. The van der Waals surface area contributed by atoms with E-state index in [2.05, 4.69) is 58.9 Å². The van der Waals surface area contributed by atoms with Gasteiger partial charge in [0, 0.05) is 9.79 Å². The summed E-state index contributed by atoms with van der Waals surface area (Å²) >= 11 is 1.70. The van der Waals surface area contributed by atoms with Crippen molar-refractivity contribution in [2.75, 3.05) is 0 Å². The Hall–Kier alpha value is -1.41. The van der Waals surface area contributed by atoms with E-state index in [4.69, 9.17) is 0 Å². The fraction of sp³-hybridized carbons (Fsp3) is 0.368. The highest BCUT2D eigenvalue weighted by molar-refractivity contribution is 7.99. The lowest BCUT2D eigenvalue weighted by atomic mass is 9.87. The molecule has 0 saturated carbocycles. The molecule has 0 spiro atoms. The summed E-state index contributed by atoms with van der Waals surface area (Å²) in [6.07, 6.45) is 1.25. The smallest absolute Gasteiger partial charge is 0.115 e. The van der Waals surface area contributed by atoms with Crippen LogP contribution in [0.15, 0.2) is 58.3 Å². The van der Waals surface area contributed by atoms with Crippen LogP contribution in [-0.2, 0) is 5.41 Å². The van der Waals surface area contributed by atoms with Crippen LogP contribution in [-0.4, -0.2) is 5.11 Å². The molecule has 0 bridgehead atoms. The van der Waals surface area contributed by atoms with E-state index in [0.717, 1.165) is 4.90 Å². The summed E-state index contributed by atoms with van der Waals surface area (Å²) in [6, 6.07) is 16.0. The number of phenolic OH excluding ortho intramolecular Hbond substituents is 1. The predicted octanol–water partition coefficient (Wildman–Crippen LogP) is 6.26. The Balaban J connectivity index is 0.000000677. The molecule has 21 heavy (non-hydrogen) atoms. The van der Waals surface area contributed by atoms with Gasteiger partial charge in [0.2, 0.25) is 0 Å². The monoisotopic (exact) mass is 302 g/mol. The molecule has 2 rings (SSSR count). The van der Waals surface area contributed by atoms with E-state index in [9.17, 15) is 5.11 Å². The molecule has 1 N–H and O–H groups in total. The molecule has 0 fully saturated rings. The maximum Gasteiger partial charge on any atom is 0.115 e. The Morgan fingerprint density at radius 2 is 1.19 bits per heavy atom. The third kappa shape index (κ3) is 6.26. The molecule has 0 aliphatic carbocycles. The van der Waals surface area contributed by atoms with E-state index in [1.54, 1.807) is 23.9 Å². The maximum atomic E-state index is 9.24. The molecule has 0 aliphatic rings. The van der Waals surface area contributed by atoms with Gasteiger partial charge in [-0.3, -0.25) is 0 Å². The minimum Gasteiger partial charge on any atom is -0.508 e. The van der Waals surface area contributed by atoms with Gasteiger partial charge in [0.1, 0.15) is 5.75 Å². The normalized spacial score (nSPS) is 10.7. The third-order valence-corrected chi connectivity index (χ3v) is 3.81.